The van der Waals surface area contributed by atoms with Crippen LogP contribution in [0.25, 0.3) is 0 Å². The molecule has 1 saturated heterocycles. The van der Waals surface area contributed by atoms with Gasteiger partial charge in [0.2, 0.25) is 5.91 Å². The molecule has 1 aliphatic heterocycles. The maximum atomic E-state index is 12.9. The van der Waals surface area contributed by atoms with E-state index in [-0.39, 0.29) is 6.54 Å². The van der Waals surface area contributed by atoms with Gasteiger partial charge in [-0.1, -0.05) is 55.0 Å². The Hall–Kier alpha value is -3.15. The maximum Gasteiger partial charge on any atom is 0.325 e. The normalized spacial score (nSPS) is 19.1. The molecule has 1 atom stereocenters. The van der Waals surface area contributed by atoms with E-state index in [0.717, 1.165) is 22.4 Å². The summed E-state index contributed by atoms with van der Waals surface area (Å²) in [6, 6.07) is 14.3. The zero-order chi connectivity index (χ0) is 19.6. The van der Waals surface area contributed by atoms with Gasteiger partial charge >= 0.3 is 6.03 Å². The molecular weight excluding hydrogens is 342 g/mol. The predicted molar refractivity (Wildman–Crippen MR) is 103 cm³/mol. The summed E-state index contributed by atoms with van der Waals surface area (Å²) in [6.07, 6.45) is 0.769. The minimum atomic E-state index is -1.17. The van der Waals surface area contributed by atoms with Crippen molar-refractivity contribution < 1.29 is 14.4 Å². The highest BCUT2D eigenvalue weighted by atomic mass is 16.2. The number of rotatable bonds is 5. The second-order valence-electron chi connectivity index (χ2n) is 6.87. The molecular formula is C21H23N3O3. The van der Waals surface area contributed by atoms with E-state index >= 15 is 0 Å². The molecule has 6 heteroatoms. The number of para-hydroxylation sites is 1. The number of hydrogen-bond donors (Lipinski definition) is 2. The van der Waals surface area contributed by atoms with E-state index in [1.54, 1.807) is 13.0 Å². The maximum absolute atomic E-state index is 12.9. The third-order valence-electron chi connectivity index (χ3n) is 4.88. The van der Waals surface area contributed by atoms with Crippen LogP contribution in [0, 0.1) is 6.92 Å². The van der Waals surface area contributed by atoms with Crippen molar-refractivity contribution in [2.24, 2.45) is 0 Å². The number of hydrogen-bond acceptors (Lipinski definition) is 3. The number of aryl methyl sites for hydroxylation is 2. The molecule has 1 heterocycles. The molecule has 1 fully saturated rings. The van der Waals surface area contributed by atoms with E-state index in [0.29, 0.717) is 11.3 Å². The Morgan fingerprint density at radius 2 is 1.78 bits per heavy atom. The number of carbonyl (C=O) groups excluding carboxylic acids is 3. The first-order chi connectivity index (χ1) is 12.8. The molecule has 1 aliphatic rings. The van der Waals surface area contributed by atoms with Gasteiger partial charge in [0, 0.05) is 5.69 Å². The predicted octanol–water partition coefficient (Wildman–Crippen LogP) is 2.96. The van der Waals surface area contributed by atoms with Gasteiger partial charge in [-0.15, -0.1) is 0 Å². The molecule has 6 nitrogen and oxygen atoms in total. The molecule has 27 heavy (non-hydrogen) atoms. The molecule has 140 valence electrons. The van der Waals surface area contributed by atoms with Gasteiger partial charge in [0.1, 0.15) is 12.1 Å². The Bertz CT molecular complexity index is 892. The van der Waals surface area contributed by atoms with Gasteiger partial charge in [-0.05, 0) is 37.5 Å². The topological polar surface area (TPSA) is 78.5 Å². The van der Waals surface area contributed by atoms with Crippen LogP contribution in [0.2, 0.25) is 0 Å². The Kier molecular flexibility index (Phi) is 4.99. The lowest BCUT2D eigenvalue weighted by Crippen LogP contribution is -2.42. The van der Waals surface area contributed by atoms with Crippen LogP contribution in [0.5, 0.6) is 0 Å². The zero-order valence-corrected chi connectivity index (χ0v) is 15.7. The van der Waals surface area contributed by atoms with E-state index in [9.17, 15) is 14.4 Å². The molecule has 2 aromatic rings. The summed E-state index contributed by atoms with van der Waals surface area (Å²) >= 11 is 0. The molecule has 3 rings (SSSR count). The van der Waals surface area contributed by atoms with Gasteiger partial charge in [0.25, 0.3) is 5.91 Å². The largest absolute Gasteiger partial charge is 0.325 e. The van der Waals surface area contributed by atoms with Crippen LogP contribution in [0.4, 0.5) is 10.5 Å². The lowest BCUT2D eigenvalue weighted by atomic mass is 9.91. The zero-order valence-electron chi connectivity index (χ0n) is 15.7. The van der Waals surface area contributed by atoms with Crippen LogP contribution < -0.4 is 10.6 Å². The Morgan fingerprint density at radius 3 is 2.44 bits per heavy atom. The molecule has 4 amide bonds. The summed E-state index contributed by atoms with van der Waals surface area (Å²) in [6.45, 7) is 5.27. The van der Waals surface area contributed by atoms with Gasteiger partial charge in [0.05, 0.1) is 0 Å². The van der Waals surface area contributed by atoms with E-state index in [2.05, 4.69) is 10.6 Å². The second kappa shape index (κ2) is 7.23. The van der Waals surface area contributed by atoms with Gasteiger partial charge in [-0.25, -0.2) is 4.79 Å². The van der Waals surface area contributed by atoms with Crippen LogP contribution in [-0.2, 0) is 21.5 Å². The first-order valence-electron chi connectivity index (χ1n) is 8.94. The first-order valence-corrected chi connectivity index (χ1v) is 8.94. The van der Waals surface area contributed by atoms with Crippen molar-refractivity contribution in [2.45, 2.75) is 32.7 Å². The van der Waals surface area contributed by atoms with Crippen molar-refractivity contribution in [3.63, 3.8) is 0 Å². The molecule has 0 aromatic heterocycles. The quantitative estimate of drug-likeness (QED) is 0.800. The van der Waals surface area contributed by atoms with Crippen LogP contribution in [0.3, 0.4) is 0 Å². The fraction of sp³-hybridized carbons (Fsp3) is 0.286. The number of benzene rings is 2. The first kappa shape index (κ1) is 18.6. The lowest BCUT2D eigenvalue weighted by molar-refractivity contribution is -0.133. The molecule has 0 saturated carbocycles. The van der Waals surface area contributed by atoms with Gasteiger partial charge in [-0.3, -0.25) is 14.5 Å². The molecule has 0 unspecified atom stereocenters. The Balaban J connectivity index is 1.75. The molecule has 0 radical (unpaired) electrons. The van der Waals surface area contributed by atoms with E-state index in [1.165, 1.54) is 0 Å². The van der Waals surface area contributed by atoms with Crippen molar-refractivity contribution in [3.8, 4) is 0 Å². The smallest absolute Gasteiger partial charge is 0.324 e. The molecule has 0 spiro atoms. The monoisotopic (exact) mass is 365 g/mol. The van der Waals surface area contributed by atoms with Crippen LogP contribution in [-0.4, -0.2) is 29.3 Å². The van der Waals surface area contributed by atoms with Crippen molar-refractivity contribution in [2.75, 3.05) is 11.9 Å². The second-order valence-corrected chi connectivity index (χ2v) is 6.87. The highest BCUT2D eigenvalue weighted by Gasteiger charge is 2.49. The summed E-state index contributed by atoms with van der Waals surface area (Å²) < 4.78 is 0. The average Bonchev–Trinajstić information content (AvgIpc) is 2.86. The van der Waals surface area contributed by atoms with Crippen LogP contribution in [0.15, 0.2) is 48.5 Å². The van der Waals surface area contributed by atoms with E-state index < -0.39 is 23.4 Å². The van der Waals surface area contributed by atoms with Crippen LogP contribution >= 0.6 is 0 Å². The highest BCUT2D eigenvalue weighted by Crippen LogP contribution is 2.29. The minimum absolute atomic E-state index is 0.329. The van der Waals surface area contributed by atoms with Gasteiger partial charge in [0.15, 0.2) is 0 Å². The summed E-state index contributed by atoms with van der Waals surface area (Å²) in [5.74, 6) is -0.845. The Morgan fingerprint density at radius 1 is 1.11 bits per heavy atom. The SMILES string of the molecule is CCc1ccccc1NC(=O)CN1C(=O)N[C@](C)(c2ccc(C)cc2)C1=O. The fourth-order valence-electron chi connectivity index (χ4n) is 3.21. The molecule has 0 bridgehead atoms. The van der Waals surface area contributed by atoms with E-state index in [1.807, 2.05) is 56.3 Å². The summed E-state index contributed by atoms with van der Waals surface area (Å²) in [5.41, 5.74) is 2.26. The van der Waals surface area contributed by atoms with Gasteiger partial charge < -0.3 is 10.6 Å². The number of imide groups is 1. The summed E-state index contributed by atoms with van der Waals surface area (Å²) in [7, 11) is 0. The van der Waals surface area contributed by atoms with Crippen molar-refractivity contribution in [1.29, 1.82) is 0 Å². The number of nitrogens with one attached hydrogen (secondary N) is 2. The minimum Gasteiger partial charge on any atom is -0.324 e. The summed E-state index contributed by atoms with van der Waals surface area (Å²) in [4.78, 5) is 38.7. The highest BCUT2D eigenvalue weighted by molar-refractivity contribution is 6.10. The third kappa shape index (κ3) is 3.56. The standard InChI is InChI=1S/C21H23N3O3/c1-4-15-7-5-6-8-17(15)22-18(25)13-24-19(26)21(3,23-20(24)27)16-11-9-14(2)10-12-16/h5-12H,4,13H2,1-3H3,(H,22,25)(H,23,27)/t21-/m1/s1. The van der Waals surface area contributed by atoms with E-state index in [4.69, 9.17) is 0 Å². The molecule has 2 N–H and O–H groups in total. The number of anilines is 1. The summed E-state index contributed by atoms with van der Waals surface area (Å²) in [5, 5.41) is 5.51. The number of amides is 4. The lowest BCUT2D eigenvalue weighted by Gasteiger charge is -2.22. The molecule has 0 aliphatic carbocycles. The van der Waals surface area contributed by atoms with Crippen molar-refractivity contribution in [3.05, 3.63) is 65.2 Å². The Labute approximate surface area is 158 Å². The van der Waals surface area contributed by atoms with Gasteiger partial charge in [-0.2, -0.15) is 0 Å². The van der Waals surface area contributed by atoms with Crippen molar-refractivity contribution >= 4 is 23.5 Å². The van der Waals surface area contributed by atoms with Crippen molar-refractivity contribution in [1.82, 2.24) is 10.2 Å². The molecule has 2 aromatic carbocycles. The average molecular weight is 365 g/mol. The van der Waals surface area contributed by atoms with Crippen LogP contribution in [0.1, 0.15) is 30.5 Å². The fourth-order valence-corrected chi connectivity index (χ4v) is 3.21. The number of nitrogens with zero attached hydrogens (tertiary/aromatic N) is 1. The number of carbonyl (C=O) groups is 3. The third-order valence-corrected chi connectivity index (χ3v) is 4.88. The number of urea groups is 1.